The minimum Gasteiger partial charge on any atom is -0.456 e. The van der Waals surface area contributed by atoms with Crippen molar-refractivity contribution in [1.82, 2.24) is 4.31 Å². The first-order valence-electron chi connectivity index (χ1n) is 17.1. The lowest BCUT2D eigenvalue weighted by Crippen LogP contribution is -2.33. The molecular weight excluding hydrogens is 613 g/mol. The first kappa shape index (κ1) is 32.0. The standard InChI is InChI=1S/C42H42N2O3S/c1-3-5-25-44(26-6-4-2)48-34-22-23-37-40(28-34)46-39-24-21-33(27-38(39)42(37)36-20-14-13-19-35(36)41(45)47-42)43(29-31-15-9-7-10-16-31)30-32-17-11-8-12-18-32/h7-24,27-28H,3-6,25-26,29-30H2,1-2H3. The number of carbonyl (C=O) groups is 1. The maximum Gasteiger partial charge on any atom is 0.340 e. The molecule has 2 heterocycles. The Labute approximate surface area is 288 Å². The van der Waals surface area contributed by atoms with Crippen molar-refractivity contribution >= 4 is 23.6 Å². The second kappa shape index (κ2) is 14.3. The quantitative estimate of drug-likeness (QED) is 0.0930. The van der Waals surface area contributed by atoms with Crippen LogP contribution in [0.5, 0.6) is 11.5 Å². The maximum absolute atomic E-state index is 13.6. The predicted molar refractivity (Wildman–Crippen MR) is 195 cm³/mol. The number of unbranched alkanes of at least 4 members (excludes halogenated alkanes) is 2. The van der Waals surface area contributed by atoms with Crippen LogP contribution in [-0.2, 0) is 23.4 Å². The van der Waals surface area contributed by atoms with E-state index in [0.29, 0.717) is 11.3 Å². The average molecular weight is 655 g/mol. The molecule has 0 N–H and O–H groups in total. The van der Waals surface area contributed by atoms with Crippen molar-refractivity contribution in [2.45, 2.75) is 63.1 Å². The highest BCUT2D eigenvalue weighted by molar-refractivity contribution is 7.97. The van der Waals surface area contributed by atoms with Gasteiger partial charge in [-0.15, -0.1) is 0 Å². The summed E-state index contributed by atoms with van der Waals surface area (Å²) in [5, 5.41) is 0. The minimum atomic E-state index is -1.12. The Morgan fingerprint density at radius 3 is 1.96 bits per heavy atom. The fourth-order valence-corrected chi connectivity index (χ4v) is 7.79. The third-order valence-corrected chi connectivity index (χ3v) is 10.3. The maximum atomic E-state index is 13.6. The van der Waals surface area contributed by atoms with E-state index in [0.717, 1.165) is 84.9 Å². The summed E-state index contributed by atoms with van der Waals surface area (Å²) in [6.45, 7) is 8.01. The number of rotatable bonds is 13. The molecule has 2 aliphatic heterocycles. The van der Waals surface area contributed by atoms with Gasteiger partial charge in [-0.05, 0) is 78.4 Å². The van der Waals surface area contributed by atoms with Crippen molar-refractivity contribution in [1.29, 1.82) is 0 Å². The molecule has 1 spiro atoms. The molecule has 244 valence electrons. The van der Waals surface area contributed by atoms with Crippen molar-refractivity contribution < 1.29 is 14.3 Å². The van der Waals surface area contributed by atoms with Gasteiger partial charge in [0.1, 0.15) is 11.5 Å². The summed E-state index contributed by atoms with van der Waals surface area (Å²) in [6, 6.07) is 41.6. The van der Waals surface area contributed by atoms with Gasteiger partial charge >= 0.3 is 5.97 Å². The molecule has 0 saturated carbocycles. The van der Waals surface area contributed by atoms with Gasteiger partial charge in [0.2, 0.25) is 0 Å². The zero-order valence-electron chi connectivity index (χ0n) is 27.7. The van der Waals surface area contributed by atoms with Gasteiger partial charge in [0.15, 0.2) is 5.60 Å². The molecule has 5 nitrogen and oxygen atoms in total. The normalized spacial score (nSPS) is 15.9. The molecule has 1 atom stereocenters. The summed E-state index contributed by atoms with van der Waals surface area (Å²) in [5.41, 5.74) is 5.48. The summed E-state index contributed by atoms with van der Waals surface area (Å²) < 4.78 is 15.8. The Morgan fingerprint density at radius 2 is 1.29 bits per heavy atom. The molecule has 0 bridgehead atoms. The van der Waals surface area contributed by atoms with Crippen LogP contribution in [0.1, 0.15) is 77.7 Å². The van der Waals surface area contributed by atoms with E-state index in [-0.39, 0.29) is 5.97 Å². The highest BCUT2D eigenvalue weighted by atomic mass is 32.2. The molecular formula is C42H42N2O3S. The van der Waals surface area contributed by atoms with Crippen molar-refractivity contribution in [2.24, 2.45) is 0 Å². The number of nitrogens with zero attached hydrogens (tertiary/aromatic N) is 2. The Bertz CT molecular complexity index is 1830. The Balaban J connectivity index is 1.32. The summed E-state index contributed by atoms with van der Waals surface area (Å²) in [6.07, 6.45) is 4.65. The van der Waals surface area contributed by atoms with E-state index < -0.39 is 5.60 Å². The van der Waals surface area contributed by atoms with Crippen LogP contribution in [-0.4, -0.2) is 23.4 Å². The number of ether oxygens (including phenoxy) is 2. The van der Waals surface area contributed by atoms with Crippen LogP contribution in [0.2, 0.25) is 0 Å². The van der Waals surface area contributed by atoms with Crippen molar-refractivity contribution in [3.05, 3.63) is 155 Å². The number of fused-ring (bicyclic) bond motifs is 6. The van der Waals surface area contributed by atoms with E-state index in [2.05, 4.69) is 102 Å². The second-order valence-electron chi connectivity index (χ2n) is 12.6. The molecule has 0 radical (unpaired) electrons. The van der Waals surface area contributed by atoms with E-state index in [9.17, 15) is 4.79 Å². The highest BCUT2D eigenvalue weighted by Crippen LogP contribution is 2.57. The van der Waals surface area contributed by atoms with Crippen LogP contribution in [0.25, 0.3) is 0 Å². The van der Waals surface area contributed by atoms with Gasteiger partial charge in [0.25, 0.3) is 0 Å². The van der Waals surface area contributed by atoms with E-state index in [1.807, 2.05) is 42.5 Å². The summed E-state index contributed by atoms with van der Waals surface area (Å²) >= 11 is 1.79. The molecule has 6 heteroatoms. The second-order valence-corrected chi connectivity index (χ2v) is 13.8. The molecule has 5 aromatic rings. The van der Waals surface area contributed by atoms with Crippen molar-refractivity contribution in [3.8, 4) is 11.5 Å². The molecule has 0 aliphatic carbocycles. The van der Waals surface area contributed by atoms with E-state index >= 15 is 0 Å². The molecule has 0 aromatic heterocycles. The van der Waals surface area contributed by atoms with Gasteiger partial charge in [-0.1, -0.05) is 106 Å². The van der Waals surface area contributed by atoms with E-state index in [4.69, 9.17) is 9.47 Å². The molecule has 2 aliphatic rings. The molecule has 5 aromatic carbocycles. The molecule has 0 fully saturated rings. The number of hydrogen-bond donors (Lipinski definition) is 0. The van der Waals surface area contributed by atoms with E-state index in [1.54, 1.807) is 11.9 Å². The molecule has 1 unspecified atom stereocenters. The molecule has 0 amide bonds. The van der Waals surface area contributed by atoms with Gasteiger partial charge in [-0.25, -0.2) is 9.10 Å². The van der Waals surface area contributed by atoms with Gasteiger partial charge in [-0.3, -0.25) is 0 Å². The summed E-state index contributed by atoms with van der Waals surface area (Å²) in [4.78, 5) is 17.1. The Morgan fingerprint density at radius 1 is 0.646 bits per heavy atom. The van der Waals surface area contributed by atoms with Crippen molar-refractivity contribution in [2.75, 3.05) is 18.0 Å². The van der Waals surface area contributed by atoms with Crippen LogP contribution in [0.15, 0.2) is 126 Å². The Hall–Kier alpha value is -4.52. The van der Waals surface area contributed by atoms with Crippen molar-refractivity contribution in [3.63, 3.8) is 0 Å². The number of benzene rings is 5. The zero-order valence-corrected chi connectivity index (χ0v) is 28.5. The SMILES string of the molecule is CCCCN(CCCC)Sc1ccc2c(c1)Oc1ccc(N(Cc3ccccc3)Cc3ccccc3)cc1C21OC(=O)c2ccccc21. The third kappa shape index (κ3) is 6.35. The summed E-state index contributed by atoms with van der Waals surface area (Å²) in [5.74, 6) is 1.11. The monoisotopic (exact) mass is 654 g/mol. The van der Waals surface area contributed by atoms with Crippen LogP contribution in [0, 0.1) is 0 Å². The van der Waals surface area contributed by atoms with Crippen LogP contribution in [0.3, 0.4) is 0 Å². The number of hydrogen-bond acceptors (Lipinski definition) is 6. The molecule has 0 saturated heterocycles. The number of esters is 1. The lowest BCUT2D eigenvalue weighted by atomic mass is 9.77. The Kier molecular flexibility index (Phi) is 9.55. The average Bonchev–Trinajstić information content (AvgIpc) is 3.42. The van der Waals surface area contributed by atoms with Crippen LogP contribution >= 0.6 is 11.9 Å². The van der Waals surface area contributed by atoms with Gasteiger partial charge < -0.3 is 14.4 Å². The lowest BCUT2D eigenvalue weighted by Gasteiger charge is -2.38. The zero-order chi connectivity index (χ0) is 32.9. The largest absolute Gasteiger partial charge is 0.456 e. The minimum absolute atomic E-state index is 0.316. The molecule has 7 rings (SSSR count). The lowest BCUT2D eigenvalue weighted by molar-refractivity contribution is 0.0224. The predicted octanol–water partition coefficient (Wildman–Crippen LogP) is 10.4. The first-order valence-corrected chi connectivity index (χ1v) is 17.9. The van der Waals surface area contributed by atoms with Crippen LogP contribution in [0.4, 0.5) is 5.69 Å². The topological polar surface area (TPSA) is 42.0 Å². The number of anilines is 1. The first-order chi connectivity index (χ1) is 23.6. The fourth-order valence-electron chi connectivity index (χ4n) is 6.76. The molecule has 48 heavy (non-hydrogen) atoms. The highest BCUT2D eigenvalue weighted by Gasteiger charge is 2.53. The summed E-state index contributed by atoms with van der Waals surface area (Å²) in [7, 11) is 0. The fraction of sp³-hybridized carbons (Fsp3) is 0.262. The smallest absolute Gasteiger partial charge is 0.340 e. The van der Waals surface area contributed by atoms with E-state index in [1.165, 1.54) is 11.1 Å². The van der Waals surface area contributed by atoms with Gasteiger partial charge in [0.05, 0.1) is 5.56 Å². The van der Waals surface area contributed by atoms with Gasteiger partial charge in [-0.2, -0.15) is 0 Å². The number of carbonyl (C=O) groups excluding carboxylic acids is 1. The third-order valence-electron chi connectivity index (χ3n) is 9.22. The van der Waals surface area contributed by atoms with Crippen LogP contribution < -0.4 is 9.64 Å². The van der Waals surface area contributed by atoms with Gasteiger partial charge in [0, 0.05) is 53.5 Å².